The Kier molecular flexibility index (Phi) is 4.85. The first-order valence-electron chi connectivity index (χ1n) is 5.65. The quantitative estimate of drug-likeness (QED) is 0.876. The number of hydrogen-bond acceptors (Lipinski definition) is 2. The molecule has 1 aromatic rings. The Bertz CT molecular complexity index is 387. The van der Waals surface area contributed by atoms with Crippen LogP contribution in [0.5, 0.6) is 0 Å². The van der Waals surface area contributed by atoms with E-state index in [2.05, 4.69) is 5.32 Å². The van der Waals surface area contributed by atoms with Crippen molar-refractivity contribution in [2.45, 2.75) is 45.4 Å². The van der Waals surface area contributed by atoms with Gasteiger partial charge < -0.3 is 10.4 Å². The summed E-state index contributed by atoms with van der Waals surface area (Å²) in [5.74, 6) is 0. The molecule has 4 heteroatoms. The van der Waals surface area contributed by atoms with Gasteiger partial charge in [0.25, 0.3) is 0 Å². The first-order valence-corrected chi connectivity index (χ1v) is 6.40. The standard InChI is InChI=1S/C13H19Cl2NO/c1-8(16-9(2)13(3,4)17)11-6-5-10(14)7-12(11)15/h5-9,16-17H,1-4H3. The van der Waals surface area contributed by atoms with Gasteiger partial charge in [0.05, 0.1) is 5.60 Å². The zero-order valence-electron chi connectivity index (χ0n) is 10.6. The molecule has 0 spiro atoms. The topological polar surface area (TPSA) is 32.3 Å². The monoisotopic (exact) mass is 275 g/mol. The minimum atomic E-state index is -0.771. The molecule has 0 aromatic heterocycles. The zero-order chi connectivity index (χ0) is 13.2. The van der Waals surface area contributed by atoms with E-state index >= 15 is 0 Å². The van der Waals surface area contributed by atoms with Gasteiger partial charge in [0.2, 0.25) is 0 Å². The predicted molar refractivity (Wildman–Crippen MR) is 73.8 cm³/mol. The SMILES string of the molecule is CC(NC(C)C(C)(C)O)c1ccc(Cl)cc1Cl. The molecule has 0 bridgehead atoms. The summed E-state index contributed by atoms with van der Waals surface area (Å²) in [6.45, 7) is 7.51. The number of rotatable bonds is 4. The van der Waals surface area contributed by atoms with E-state index in [1.165, 1.54) is 0 Å². The summed E-state index contributed by atoms with van der Waals surface area (Å²) in [6, 6.07) is 5.46. The Balaban J connectivity index is 2.80. The summed E-state index contributed by atoms with van der Waals surface area (Å²) in [5.41, 5.74) is 0.208. The first kappa shape index (κ1) is 14.8. The van der Waals surface area contributed by atoms with Gasteiger partial charge >= 0.3 is 0 Å². The molecule has 0 saturated carbocycles. The summed E-state index contributed by atoms with van der Waals surface area (Å²) in [4.78, 5) is 0. The Hall–Kier alpha value is -0.280. The zero-order valence-corrected chi connectivity index (χ0v) is 12.1. The van der Waals surface area contributed by atoms with E-state index < -0.39 is 5.60 Å². The number of aliphatic hydroxyl groups is 1. The lowest BCUT2D eigenvalue weighted by molar-refractivity contribution is 0.0405. The molecule has 0 fully saturated rings. The lowest BCUT2D eigenvalue weighted by Crippen LogP contribution is -2.45. The fourth-order valence-corrected chi connectivity index (χ4v) is 2.09. The van der Waals surface area contributed by atoms with Crippen LogP contribution in [0, 0.1) is 0 Å². The maximum atomic E-state index is 9.88. The fraction of sp³-hybridized carbons (Fsp3) is 0.538. The fourth-order valence-electron chi connectivity index (χ4n) is 1.52. The average Bonchev–Trinajstić information content (AvgIpc) is 2.15. The molecule has 0 amide bonds. The molecule has 96 valence electrons. The van der Waals surface area contributed by atoms with Gasteiger partial charge in [-0.1, -0.05) is 29.3 Å². The largest absolute Gasteiger partial charge is 0.389 e. The first-order chi connectivity index (χ1) is 7.71. The molecule has 2 unspecified atom stereocenters. The second-order valence-electron chi connectivity index (χ2n) is 4.93. The lowest BCUT2D eigenvalue weighted by atomic mass is 9.98. The second kappa shape index (κ2) is 5.57. The van der Waals surface area contributed by atoms with E-state index in [-0.39, 0.29) is 12.1 Å². The van der Waals surface area contributed by atoms with Crippen LogP contribution in [0.15, 0.2) is 18.2 Å². The minimum Gasteiger partial charge on any atom is -0.389 e. The van der Waals surface area contributed by atoms with Crippen molar-refractivity contribution in [2.75, 3.05) is 0 Å². The Morgan fingerprint density at radius 2 is 1.82 bits per heavy atom. The Labute approximate surface area is 113 Å². The van der Waals surface area contributed by atoms with Crippen LogP contribution < -0.4 is 5.32 Å². The number of benzene rings is 1. The molecule has 2 nitrogen and oxygen atoms in total. The summed E-state index contributed by atoms with van der Waals surface area (Å²) in [7, 11) is 0. The highest BCUT2D eigenvalue weighted by Gasteiger charge is 2.24. The molecule has 2 N–H and O–H groups in total. The van der Waals surface area contributed by atoms with Crippen molar-refractivity contribution in [1.82, 2.24) is 5.32 Å². The van der Waals surface area contributed by atoms with E-state index in [0.29, 0.717) is 10.0 Å². The highest BCUT2D eigenvalue weighted by Crippen LogP contribution is 2.27. The molecule has 0 heterocycles. The molecular formula is C13H19Cl2NO. The van der Waals surface area contributed by atoms with E-state index in [1.807, 2.05) is 26.0 Å². The van der Waals surface area contributed by atoms with Crippen molar-refractivity contribution in [2.24, 2.45) is 0 Å². The van der Waals surface area contributed by atoms with E-state index in [0.717, 1.165) is 5.56 Å². The molecule has 2 atom stereocenters. The van der Waals surface area contributed by atoms with Crippen molar-refractivity contribution in [3.8, 4) is 0 Å². The van der Waals surface area contributed by atoms with Gasteiger partial charge in [0.1, 0.15) is 0 Å². The van der Waals surface area contributed by atoms with Crippen LogP contribution in [0.1, 0.15) is 39.3 Å². The van der Waals surface area contributed by atoms with Crippen LogP contribution in [0.2, 0.25) is 10.0 Å². The highest BCUT2D eigenvalue weighted by molar-refractivity contribution is 6.35. The van der Waals surface area contributed by atoms with Crippen LogP contribution in [-0.2, 0) is 0 Å². The number of nitrogens with one attached hydrogen (secondary N) is 1. The smallest absolute Gasteiger partial charge is 0.0741 e. The molecule has 0 radical (unpaired) electrons. The minimum absolute atomic E-state index is 0.0377. The van der Waals surface area contributed by atoms with Crippen molar-refractivity contribution in [3.05, 3.63) is 33.8 Å². The van der Waals surface area contributed by atoms with E-state index in [4.69, 9.17) is 23.2 Å². The van der Waals surface area contributed by atoms with Gasteiger partial charge in [0.15, 0.2) is 0 Å². The molecule has 1 rings (SSSR count). The van der Waals surface area contributed by atoms with Crippen LogP contribution in [-0.4, -0.2) is 16.7 Å². The normalized spacial score (nSPS) is 15.7. The number of halogens is 2. The van der Waals surface area contributed by atoms with Gasteiger partial charge in [-0.15, -0.1) is 0 Å². The lowest BCUT2D eigenvalue weighted by Gasteiger charge is -2.30. The predicted octanol–water partition coefficient (Wildman–Crippen LogP) is 3.80. The third-order valence-electron chi connectivity index (χ3n) is 2.99. The molecule has 1 aromatic carbocycles. The molecule has 0 aliphatic rings. The van der Waals surface area contributed by atoms with Crippen LogP contribution >= 0.6 is 23.2 Å². The molecule has 0 aliphatic heterocycles. The summed E-state index contributed by atoms with van der Waals surface area (Å²) >= 11 is 12.0. The summed E-state index contributed by atoms with van der Waals surface area (Å²) < 4.78 is 0. The van der Waals surface area contributed by atoms with E-state index in [9.17, 15) is 5.11 Å². The van der Waals surface area contributed by atoms with Gasteiger partial charge in [-0.05, 0) is 45.4 Å². The van der Waals surface area contributed by atoms with Crippen LogP contribution in [0.4, 0.5) is 0 Å². The summed E-state index contributed by atoms with van der Waals surface area (Å²) in [5, 5.41) is 14.5. The third-order valence-corrected chi connectivity index (χ3v) is 3.55. The van der Waals surface area contributed by atoms with Crippen molar-refractivity contribution < 1.29 is 5.11 Å². The van der Waals surface area contributed by atoms with Gasteiger partial charge in [-0.25, -0.2) is 0 Å². The van der Waals surface area contributed by atoms with Crippen molar-refractivity contribution in [1.29, 1.82) is 0 Å². The molecule has 0 aliphatic carbocycles. The third kappa shape index (κ3) is 4.14. The van der Waals surface area contributed by atoms with Gasteiger partial charge in [0, 0.05) is 22.1 Å². The summed E-state index contributed by atoms with van der Waals surface area (Å²) in [6.07, 6.45) is 0. The molecular weight excluding hydrogens is 257 g/mol. The molecule has 0 saturated heterocycles. The Morgan fingerprint density at radius 3 is 2.29 bits per heavy atom. The average molecular weight is 276 g/mol. The maximum absolute atomic E-state index is 9.88. The van der Waals surface area contributed by atoms with E-state index in [1.54, 1.807) is 19.9 Å². The number of hydrogen-bond donors (Lipinski definition) is 2. The van der Waals surface area contributed by atoms with Crippen LogP contribution in [0.3, 0.4) is 0 Å². The second-order valence-corrected chi connectivity index (χ2v) is 5.77. The molecule has 17 heavy (non-hydrogen) atoms. The van der Waals surface area contributed by atoms with Crippen molar-refractivity contribution >= 4 is 23.2 Å². The van der Waals surface area contributed by atoms with Crippen LogP contribution in [0.25, 0.3) is 0 Å². The van der Waals surface area contributed by atoms with Crippen molar-refractivity contribution in [3.63, 3.8) is 0 Å². The van der Waals surface area contributed by atoms with Gasteiger partial charge in [-0.3, -0.25) is 0 Å². The Morgan fingerprint density at radius 1 is 1.24 bits per heavy atom. The maximum Gasteiger partial charge on any atom is 0.0741 e. The van der Waals surface area contributed by atoms with Gasteiger partial charge in [-0.2, -0.15) is 0 Å². The highest BCUT2D eigenvalue weighted by atomic mass is 35.5.